The maximum atomic E-state index is 13.3. The van der Waals surface area contributed by atoms with E-state index in [0.717, 1.165) is 24.2 Å². The molecule has 3 aliphatic rings. The predicted molar refractivity (Wildman–Crippen MR) is 116 cm³/mol. The number of alkyl halides is 1. The third-order valence-electron chi connectivity index (χ3n) is 6.58. The topological polar surface area (TPSA) is 57.6 Å². The predicted octanol–water partition coefficient (Wildman–Crippen LogP) is 5.10. The summed E-state index contributed by atoms with van der Waals surface area (Å²) in [7, 11) is 0. The van der Waals surface area contributed by atoms with Gasteiger partial charge in [-0.15, -0.1) is 11.6 Å². The van der Waals surface area contributed by atoms with E-state index in [1.54, 1.807) is 0 Å². The highest BCUT2D eigenvalue weighted by atomic mass is 35.5. The number of thioether (sulfide) groups is 1. The maximum absolute atomic E-state index is 13.3. The third-order valence-corrected chi connectivity index (χ3v) is 8.54. The minimum absolute atomic E-state index is 0.113. The molecule has 1 N–H and O–H groups in total. The number of carboxylic acid groups (broad SMARTS) is 1. The molecule has 0 spiro atoms. The number of carboxylic acids is 1. The molecule has 6 heteroatoms. The van der Waals surface area contributed by atoms with E-state index in [4.69, 9.17) is 11.6 Å². The van der Waals surface area contributed by atoms with Gasteiger partial charge in [-0.05, 0) is 44.4 Å². The lowest BCUT2D eigenvalue weighted by Crippen LogP contribution is -2.41. The average molecular weight is 428 g/mol. The molecule has 4 nitrogen and oxygen atoms in total. The Kier molecular flexibility index (Phi) is 8.58. The number of piperidine rings is 1. The smallest absolute Gasteiger partial charge is 0.306 e. The number of likely N-dealkylation sites (tertiary alicyclic amines) is 1. The fraction of sp³-hybridized carbons (Fsp3) is 0.818. The highest BCUT2D eigenvalue weighted by molar-refractivity contribution is 8.00. The lowest BCUT2D eigenvalue weighted by atomic mass is 9.87. The number of hydrogen-bond donors (Lipinski definition) is 1. The van der Waals surface area contributed by atoms with Gasteiger partial charge in [-0.25, -0.2) is 0 Å². The Bertz CT molecular complexity index is 568. The van der Waals surface area contributed by atoms with E-state index in [0.29, 0.717) is 31.2 Å². The van der Waals surface area contributed by atoms with E-state index < -0.39 is 5.97 Å². The summed E-state index contributed by atoms with van der Waals surface area (Å²) in [5.41, 5.74) is 0.905. The molecule has 2 aliphatic carbocycles. The van der Waals surface area contributed by atoms with Crippen LogP contribution >= 0.6 is 23.4 Å². The first-order valence-corrected chi connectivity index (χ1v) is 12.5. The number of rotatable bonds is 6. The Morgan fingerprint density at radius 1 is 0.964 bits per heavy atom. The van der Waals surface area contributed by atoms with E-state index in [1.807, 2.05) is 16.7 Å². The first-order valence-electron chi connectivity index (χ1n) is 11.0. The molecule has 3 rings (SSSR count). The third kappa shape index (κ3) is 6.16. The van der Waals surface area contributed by atoms with Crippen LogP contribution in [0.1, 0.15) is 70.6 Å². The van der Waals surface area contributed by atoms with Crippen molar-refractivity contribution in [1.82, 2.24) is 4.90 Å². The van der Waals surface area contributed by atoms with Gasteiger partial charge in [0.25, 0.3) is 0 Å². The van der Waals surface area contributed by atoms with Crippen LogP contribution in [0.25, 0.3) is 0 Å². The summed E-state index contributed by atoms with van der Waals surface area (Å²) in [6, 6.07) is 0. The SMILES string of the molecule is O=C(O)C1CCN(C(=O)/C(=C/C2CCCCC2Cl)CSC2CCCCC2)CC1. The minimum atomic E-state index is -0.733. The summed E-state index contributed by atoms with van der Waals surface area (Å²) < 4.78 is 0. The van der Waals surface area contributed by atoms with Crippen LogP contribution in [-0.2, 0) is 9.59 Å². The number of halogens is 1. The molecule has 28 heavy (non-hydrogen) atoms. The van der Waals surface area contributed by atoms with E-state index in [-0.39, 0.29) is 23.1 Å². The van der Waals surface area contributed by atoms with Gasteiger partial charge in [0, 0.05) is 35.0 Å². The van der Waals surface area contributed by atoms with E-state index in [2.05, 4.69) is 6.08 Å². The maximum Gasteiger partial charge on any atom is 0.306 e. The second-order valence-electron chi connectivity index (χ2n) is 8.63. The number of hydrogen-bond acceptors (Lipinski definition) is 3. The molecule has 0 radical (unpaired) electrons. The molecule has 0 aromatic rings. The quantitative estimate of drug-likeness (QED) is 0.473. The van der Waals surface area contributed by atoms with Gasteiger partial charge >= 0.3 is 5.97 Å². The van der Waals surface area contributed by atoms with Crippen LogP contribution in [-0.4, -0.2) is 51.4 Å². The fourth-order valence-electron chi connectivity index (χ4n) is 4.71. The van der Waals surface area contributed by atoms with Crippen LogP contribution in [0.4, 0.5) is 0 Å². The van der Waals surface area contributed by atoms with Crippen LogP contribution in [0.2, 0.25) is 0 Å². The summed E-state index contributed by atoms with van der Waals surface area (Å²) in [5, 5.41) is 10.0. The van der Waals surface area contributed by atoms with Gasteiger partial charge in [-0.1, -0.05) is 38.2 Å². The fourth-order valence-corrected chi connectivity index (χ4v) is 6.37. The molecule has 0 bridgehead atoms. The van der Waals surface area contributed by atoms with Crippen molar-refractivity contribution >= 4 is 35.2 Å². The second-order valence-corrected chi connectivity index (χ2v) is 10.5. The van der Waals surface area contributed by atoms with Crippen LogP contribution in [0.3, 0.4) is 0 Å². The van der Waals surface area contributed by atoms with Crippen molar-refractivity contribution in [2.75, 3.05) is 18.8 Å². The number of nitrogens with zero attached hydrogens (tertiary/aromatic N) is 1. The highest BCUT2D eigenvalue weighted by Gasteiger charge is 2.30. The van der Waals surface area contributed by atoms with Gasteiger partial charge in [0.2, 0.25) is 5.91 Å². The highest BCUT2D eigenvalue weighted by Crippen LogP contribution is 2.34. The number of aliphatic carboxylic acids is 1. The molecule has 2 saturated carbocycles. The zero-order chi connectivity index (χ0) is 19.9. The molecular formula is C22H34ClNO3S. The summed E-state index contributed by atoms with van der Waals surface area (Å²) in [4.78, 5) is 26.4. The first-order chi connectivity index (χ1) is 13.5. The summed E-state index contributed by atoms with van der Waals surface area (Å²) in [5.74, 6) is 0.128. The molecule has 158 valence electrons. The van der Waals surface area contributed by atoms with Crippen molar-refractivity contribution in [1.29, 1.82) is 0 Å². The number of carbonyl (C=O) groups excluding carboxylic acids is 1. The monoisotopic (exact) mass is 427 g/mol. The molecule has 3 fully saturated rings. The first kappa shape index (κ1) is 22.0. The molecule has 1 heterocycles. The van der Waals surface area contributed by atoms with Crippen LogP contribution in [0.5, 0.6) is 0 Å². The van der Waals surface area contributed by atoms with E-state index >= 15 is 0 Å². The molecule has 1 saturated heterocycles. The Labute approximate surface area is 178 Å². The van der Waals surface area contributed by atoms with E-state index in [1.165, 1.54) is 44.9 Å². The van der Waals surface area contributed by atoms with Crippen molar-refractivity contribution in [2.45, 2.75) is 81.3 Å². The average Bonchev–Trinajstić information content (AvgIpc) is 2.72. The minimum Gasteiger partial charge on any atom is -0.481 e. The van der Waals surface area contributed by atoms with Crippen molar-refractivity contribution in [2.24, 2.45) is 11.8 Å². The number of carbonyl (C=O) groups is 2. The van der Waals surface area contributed by atoms with Gasteiger partial charge in [0.1, 0.15) is 0 Å². The Balaban J connectivity index is 1.65. The normalized spacial score (nSPS) is 28.3. The Morgan fingerprint density at radius 3 is 2.25 bits per heavy atom. The molecular weight excluding hydrogens is 394 g/mol. The number of allylic oxidation sites excluding steroid dienone is 1. The lowest BCUT2D eigenvalue weighted by Gasteiger charge is -2.32. The molecule has 0 aromatic carbocycles. The lowest BCUT2D eigenvalue weighted by molar-refractivity contribution is -0.145. The summed E-state index contributed by atoms with van der Waals surface area (Å²) >= 11 is 8.52. The van der Waals surface area contributed by atoms with Gasteiger partial charge in [-0.2, -0.15) is 11.8 Å². The number of amides is 1. The van der Waals surface area contributed by atoms with Crippen LogP contribution < -0.4 is 0 Å². The van der Waals surface area contributed by atoms with Crippen molar-refractivity contribution in [3.8, 4) is 0 Å². The van der Waals surface area contributed by atoms with Crippen molar-refractivity contribution in [3.63, 3.8) is 0 Å². The van der Waals surface area contributed by atoms with Gasteiger partial charge in [-0.3, -0.25) is 9.59 Å². The van der Waals surface area contributed by atoms with E-state index in [9.17, 15) is 14.7 Å². The zero-order valence-electron chi connectivity index (χ0n) is 16.8. The molecule has 1 aliphatic heterocycles. The standard InChI is InChI=1S/C22H34ClNO3S/c23-20-9-5-4-6-17(20)14-18(15-28-19-7-2-1-3-8-19)21(25)24-12-10-16(11-13-24)22(26)27/h14,16-17,19-20H,1-13,15H2,(H,26,27)/b18-14+. The van der Waals surface area contributed by atoms with Crippen molar-refractivity contribution in [3.05, 3.63) is 11.6 Å². The zero-order valence-corrected chi connectivity index (χ0v) is 18.4. The van der Waals surface area contributed by atoms with Crippen molar-refractivity contribution < 1.29 is 14.7 Å². The van der Waals surface area contributed by atoms with Gasteiger partial charge in [0.05, 0.1) is 5.92 Å². The van der Waals surface area contributed by atoms with Crippen LogP contribution in [0, 0.1) is 11.8 Å². The Morgan fingerprint density at radius 2 is 1.61 bits per heavy atom. The molecule has 0 aromatic heterocycles. The van der Waals surface area contributed by atoms with Crippen LogP contribution in [0.15, 0.2) is 11.6 Å². The molecule has 2 unspecified atom stereocenters. The summed E-state index contributed by atoms with van der Waals surface area (Å²) in [6.07, 6.45) is 14.2. The van der Waals surface area contributed by atoms with Gasteiger partial charge < -0.3 is 10.0 Å². The molecule has 1 amide bonds. The molecule has 2 atom stereocenters. The largest absolute Gasteiger partial charge is 0.481 e. The summed E-state index contributed by atoms with van der Waals surface area (Å²) in [6.45, 7) is 1.10. The Hall–Kier alpha value is -0.680. The van der Waals surface area contributed by atoms with Gasteiger partial charge in [0.15, 0.2) is 0 Å². The second kappa shape index (κ2) is 10.9.